The van der Waals surface area contributed by atoms with Gasteiger partial charge >= 0.3 is 12.1 Å². The molecule has 0 bridgehead atoms. The number of ketones is 1. The molecular weight excluding hydrogens is 356 g/mol. The van der Waals surface area contributed by atoms with Crippen LogP contribution in [-0.4, -0.2) is 40.6 Å². The number of ether oxygens (including phenoxy) is 1. The molecule has 1 amide bonds. The first-order valence-corrected chi connectivity index (χ1v) is 7.91. The molecule has 2 aromatic carbocycles. The molecule has 0 aliphatic carbocycles. The molecule has 0 aliphatic rings. The third-order valence-electron chi connectivity index (χ3n) is 3.94. The predicted molar refractivity (Wildman–Crippen MR) is 95.0 cm³/mol. The molecule has 27 heavy (non-hydrogen) atoms. The van der Waals surface area contributed by atoms with Crippen LogP contribution in [0, 0.1) is 0 Å². The van der Waals surface area contributed by atoms with E-state index in [-0.39, 0.29) is 40.6 Å². The van der Waals surface area contributed by atoms with Gasteiger partial charge < -0.3 is 30.4 Å². The van der Waals surface area contributed by atoms with Gasteiger partial charge in [-0.2, -0.15) is 0 Å². The predicted octanol–water partition coefficient (Wildman–Crippen LogP) is 1.99. The summed E-state index contributed by atoms with van der Waals surface area (Å²) >= 11 is 0. The minimum atomic E-state index is -1.28. The number of nitrogens with two attached hydrogens (primary N) is 1. The summed E-state index contributed by atoms with van der Waals surface area (Å²) in [6, 6.07) is 6.68. The van der Waals surface area contributed by atoms with Crippen LogP contribution in [-0.2, 0) is 4.79 Å². The Morgan fingerprint density at radius 1 is 1.22 bits per heavy atom. The summed E-state index contributed by atoms with van der Waals surface area (Å²) in [7, 11) is 0. The van der Waals surface area contributed by atoms with Crippen LogP contribution in [0.25, 0.3) is 21.7 Å². The number of aromatic hydroxyl groups is 1. The van der Waals surface area contributed by atoms with Gasteiger partial charge in [0.05, 0.1) is 5.39 Å². The van der Waals surface area contributed by atoms with Gasteiger partial charge in [0, 0.05) is 24.2 Å². The molecule has 0 aliphatic heterocycles. The number of hydrogen-bond acceptors (Lipinski definition) is 7. The number of furan rings is 1. The number of carbonyl (C=O) groups is 3. The lowest BCUT2D eigenvalue weighted by molar-refractivity contribution is -0.138. The van der Waals surface area contributed by atoms with Crippen LogP contribution in [0.1, 0.15) is 17.5 Å². The number of hydrogen-bond donors (Lipinski definition) is 4. The van der Waals surface area contributed by atoms with Crippen LogP contribution in [0.4, 0.5) is 4.79 Å². The minimum absolute atomic E-state index is 0.00365. The molecule has 0 radical (unpaired) electrons. The van der Waals surface area contributed by atoms with Crippen molar-refractivity contribution < 1.29 is 33.8 Å². The number of rotatable bonds is 5. The molecule has 0 spiro atoms. The highest BCUT2D eigenvalue weighted by Gasteiger charge is 2.22. The monoisotopic (exact) mass is 372 g/mol. The van der Waals surface area contributed by atoms with E-state index in [1.807, 2.05) is 0 Å². The van der Waals surface area contributed by atoms with Gasteiger partial charge in [-0.15, -0.1) is 0 Å². The zero-order valence-electron chi connectivity index (χ0n) is 14.2. The van der Waals surface area contributed by atoms with Crippen molar-refractivity contribution in [3.63, 3.8) is 0 Å². The van der Waals surface area contributed by atoms with Crippen LogP contribution in [0.15, 0.2) is 34.7 Å². The minimum Gasteiger partial charge on any atom is -0.504 e. The highest BCUT2D eigenvalue weighted by atomic mass is 16.6. The summed E-state index contributed by atoms with van der Waals surface area (Å²) in [6.45, 7) is 0.965. The van der Waals surface area contributed by atoms with E-state index in [1.165, 1.54) is 13.0 Å². The second kappa shape index (κ2) is 6.96. The average Bonchev–Trinajstić information content (AvgIpc) is 3.09. The molecule has 1 aromatic heterocycles. The summed E-state index contributed by atoms with van der Waals surface area (Å²) in [5, 5.41) is 22.5. The van der Waals surface area contributed by atoms with E-state index in [9.17, 15) is 19.5 Å². The van der Waals surface area contributed by atoms with Gasteiger partial charge in [-0.1, -0.05) is 24.3 Å². The molecule has 1 heterocycles. The van der Waals surface area contributed by atoms with Crippen molar-refractivity contribution in [2.45, 2.75) is 13.0 Å². The molecule has 5 N–H and O–H groups in total. The average molecular weight is 372 g/mol. The van der Waals surface area contributed by atoms with Gasteiger partial charge in [-0.05, 0) is 6.07 Å². The van der Waals surface area contributed by atoms with Crippen molar-refractivity contribution in [1.82, 2.24) is 5.32 Å². The first kappa shape index (κ1) is 18.2. The maximum absolute atomic E-state index is 12.1. The molecule has 9 heteroatoms. The molecule has 0 fully saturated rings. The summed E-state index contributed by atoms with van der Waals surface area (Å²) < 4.78 is 10.7. The van der Waals surface area contributed by atoms with Crippen LogP contribution < -0.4 is 15.8 Å². The maximum Gasteiger partial charge on any atom is 0.412 e. The van der Waals surface area contributed by atoms with Crippen LogP contribution >= 0.6 is 0 Å². The SMILES string of the molecule is CC(=O)c1cc2c(OC(=O)NCC(N)C(=O)O)c3ccccc3c(O)c2o1. The fourth-order valence-corrected chi connectivity index (χ4v) is 2.58. The van der Waals surface area contributed by atoms with Crippen molar-refractivity contribution in [1.29, 1.82) is 0 Å². The van der Waals surface area contributed by atoms with Crippen molar-refractivity contribution in [3.8, 4) is 11.5 Å². The number of carboxylic acid groups (broad SMARTS) is 1. The lowest BCUT2D eigenvalue weighted by atomic mass is 10.1. The van der Waals surface area contributed by atoms with Crippen molar-refractivity contribution in [2.24, 2.45) is 5.73 Å². The van der Waals surface area contributed by atoms with Gasteiger partial charge in [-0.25, -0.2) is 4.79 Å². The Hall–Kier alpha value is -3.59. The van der Waals surface area contributed by atoms with Gasteiger partial charge in [-0.3, -0.25) is 9.59 Å². The van der Waals surface area contributed by atoms with E-state index in [0.29, 0.717) is 10.8 Å². The Morgan fingerprint density at radius 3 is 2.52 bits per heavy atom. The van der Waals surface area contributed by atoms with E-state index < -0.39 is 18.1 Å². The highest BCUT2D eigenvalue weighted by molar-refractivity contribution is 6.11. The van der Waals surface area contributed by atoms with E-state index >= 15 is 0 Å². The fourth-order valence-electron chi connectivity index (χ4n) is 2.58. The number of benzene rings is 2. The topological polar surface area (TPSA) is 152 Å². The first-order valence-electron chi connectivity index (χ1n) is 7.91. The standard InChI is InChI=1S/C18H16N2O7/c1-8(21)13-6-11-15(27-18(25)20-7-12(19)17(23)24)10-5-3-2-4-9(10)14(22)16(11)26-13/h2-6,12,22H,7,19H2,1H3,(H,20,25)(H,23,24). The fraction of sp³-hybridized carbons (Fsp3) is 0.167. The van der Waals surface area contributed by atoms with Crippen LogP contribution in [0.5, 0.6) is 11.5 Å². The summed E-state index contributed by atoms with van der Waals surface area (Å²) in [4.78, 5) is 34.5. The molecule has 0 saturated heterocycles. The number of nitrogens with one attached hydrogen (secondary N) is 1. The number of Topliss-reactive ketones (excluding diaryl/α,β-unsaturated/α-hetero) is 1. The summed E-state index contributed by atoms with van der Waals surface area (Å²) in [5.74, 6) is -1.76. The van der Waals surface area contributed by atoms with Gasteiger partial charge in [0.25, 0.3) is 0 Å². The van der Waals surface area contributed by atoms with Gasteiger partial charge in [0.1, 0.15) is 6.04 Å². The Kier molecular flexibility index (Phi) is 4.70. The highest BCUT2D eigenvalue weighted by Crippen LogP contribution is 2.43. The quantitative estimate of drug-likeness (QED) is 0.496. The molecule has 1 atom stereocenters. The zero-order valence-corrected chi connectivity index (χ0v) is 14.2. The number of carbonyl (C=O) groups excluding carboxylic acids is 2. The number of aliphatic carboxylic acids is 1. The molecule has 140 valence electrons. The maximum atomic E-state index is 12.1. The molecule has 9 nitrogen and oxygen atoms in total. The second-order valence-electron chi connectivity index (χ2n) is 5.85. The Balaban J connectivity index is 2.06. The van der Waals surface area contributed by atoms with Crippen LogP contribution in [0.3, 0.4) is 0 Å². The van der Waals surface area contributed by atoms with E-state index in [4.69, 9.17) is 20.0 Å². The Labute approximate surface area is 152 Å². The summed E-state index contributed by atoms with van der Waals surface area (Å²) in [6.07, 6.45) is -0.936. The third kappa shape index (κ3) is 3.40. The Morgan fingerprint density at radius 2 is 1.89 bits per heavy atom. The first-order chi connectivity index (χ1) is 12.8. The summed E-state index contributed by atoms with van der Waals surface area (Å²) in [5.41, 5.74) is 5.34. The number of phenols is 1. The third-order valence-corrected chi connectivity index (χ3v) is 3.94. The number of carboxylic acids is 1. The number of phenolic OH excluding ortho intramolecular Hbond substituents is 1. The molecule has 3 aromatic rings. The van der Waals surface area contributed by atoms with Gasteiger partial charge in [0.15, 0.2) is 28.6 Å². The number of fused-ring (bicyclic) bond motifs is 2. The molecule has 0 saturated carbocycles. The second-order valence-corrected chi connectivity index (χ2v) is 5.85. The lowest BCUT2D eigenvalue weighted by Gasteiger charge is -2.12. The normalized spacial score (nSPS) is 12.1. The lowest BCUT2D eigenvalue weighted by Crippen LogP contribution is -2.43. The van der Waals surface area contributed by atoms with E-state index in [1.54, 1.807) is 24.3 Å². The van der Waals surface area contributed by atoms with Crippen molar-refractivity contribution >= 4 is 39.6 Å². The van der Waals surface area contributed by atoms with Crippen molar-refractivity contribution in [2.75, 3.05) is 6.54 Å². The molecular formula is C18H16N2O7. The van der Waals surface area contributed by atoms with E-state index in [2.05, 4.69) is 5.32 Å². The molecule has 1 unspecified atom stereocenters. The van der Waals surface area contributed by atoms with E-state index in [0.717, 1.165) is 0 Å². The molecule has 3 rings (SSSR count). The smallest absolute Gasteiger partial charge is 0.412 e. The van der Waals surface area contributed by atoms with Gasteiger partial charge in [0.2, 0.25) is 0 Å². The zero-order chi connectivity index (χ0) is 19.7. The number of amides is 1. The van der Waals surface area contributed by atoms with Crippen LogP contribution in [0.2, 0.25) is 0 Å². The largest absolute Gasteiger partial charge is 0.504 e. The van der Waals surface area contributed by atoms with Crippen molar-refractivity contribution in [3.05, 3.63) is 36.1 Å². The Bertz CT molecular complexity index is 1070.